The van der Waals surface area contributed by atoms with Crippen LogP contribution < -0.4 is 15.4 Å². The Morgan fingerprint density at radius 1 is 1.07 bits per heavy atom. The largest absolute Gasteiger partial charge is 0.493 e. The molecule has 2 aromatic rings. The van der Waals surface area contributed by atoms with Gasteiger partial charge in [-0.2, -0.15) is 0 Å². The van der Waals surface area contributed by atoms with Gasteiger partial charge in [0.1, 0.15) is 17.4 Å². The topological polar surface area (TPSA) is 45.7 Å². The van der Waals surface area contributed by atoms with E-state index < -0.39 is 11.6 Å². The van der Waals surface area contributed by atoms with Crippen LogP contribution in [-0.4, -0.2) is 32.7 Å². The number of fused-ring (bicyclic) bond motifs is 1. The molecular formula is C20H24F2IN3O. The number of guanidine groups is 1. The van der Waals surface area contributed by atoms with Gasteiger partial charge in [0.25, 0.3) is 0 Å². The van der Waals surface area contributed by atoms with Gasteiger partial charge in [0.05, 0.1) is 6.61 Å². The molecule has 3 rings (SSSR count). The van der Waals surface area contributed by atoms with Gasteiger partial charge in [-0.1, -0.05) is 18.2 Å². The average molecular weight is 487 g/mol. The second kappa shape index (κ2) is 10.4. The second-order valence-electron chi connectivity index (χ2n) is 6.17. The van der Waals surface area contributed by atoms with Crippen molar-refractivity contribution in [3.63, 3.8) is 0 Å². The predicted molar refractivity (Wildman–Crippen MR) is 114 cm³/mol. The van der Waals surface area contributed by atoms with Crippen molar-refractivity contribution in [2.75, 3.05) is 26.7 Å². The van der Waals surface area contributed by atoms with Gasteiger partial charge in [-0.15, -0.1) is 24.0 Å². The summed E-state index contributed by atoms with van der Waals surface area (Å²) in [6.07, 6.45) is 2.08. The average Bonchev–Trinajstić information content (AvgIpc) is 3.10. The van der Waals surface area contributed by atoms with E-state index in [0.717, 1.165) is 25.2 Å². The van der Waals surface area contributed by atoms with Gasteiger partial charge in [0.2, 0.25) is 0 Å². The zero-order valence-corrected chi connectivity index (χ0v) is 17.6. The van der Waals surface area contributed by atoms with Crippen LogP contribution in [0.5, 0.6) is 5.75 Å². The van der Waals surface area contributed by atoms with Crippen molar-refractivity contribution in [1.82, 2.24) is 10.6 Å². The van der Waals surface area contributed by atoms with Crippen molar-refractivity contribution in [2.24, 2.45) is 4.99 Å². The first kappa shape index (κ1) is 21.4. The molecule has 2 N–H and O–H groups in total. The number of nitrogens with one attached hydrogen (secondary N) is 2. The maximum atomic E-state index is 13.6. The number of hydrogen-bond donors (Lipinski definition) is 2. The molecule has 0 aromatic heterocycles. The molecule has 1 aliphatic heterocycles. The van der Waals surface area contributed by atoms with E-state index >= 15 is 0 Å². The molecule has 0 unspecified atom stereocenters. The molecule has 2 aromatic carbocycles. The lowest BCUT2D eigenvalue weighted by atomic mass is 10.1. The van der Waals surface area contributed by atoms with Crippen LogP contribution in [0, 0.1) is 11.6 Å². The number of rotatable bonds is 6. The number of aliphatic imine (C=N–C) groups is 1. The van der Waals surface area contributed by atoms with Crippen LogP contribution in [0.3, 0.4) is 0 Å². The lowest BCUT2D eigenvalue weighted by Gasteiger charge is -2.12. The molecule has 27 heavy (non-hydrogen) atoms. The Morgan fingerprint density at radius 2 is 1.78 bits per heavy atom. The summed E-state index contributed by atoms with van der Waals surface area (Å²) >= 11 is 0. The monoisotopic (exact) mass is 487 g/mol. The summed E-state index contributed by atoms with van der Waals surface area (Å²) < 4.78 is 32.8. The molecule has 0 saturated heterocycles. The van der Waals surface area contributed by atoms with E-state index in [1.807, 2.05) is 6.07 Å². The predicted octanol–water partition coefficient (Wildman–Crippen LogP) is 3.47. The van der Waals surface area contributed by atoms with Crippen molar-refractivity contribution in [2.45, 2.75) is 19.3 Å². The zero-order valence-electron chi connectivity index (χ0n) is 15.2. The molecule has 0 radical (unpaired) electrons. The van der Waals surface area contributed by atoms with Gasteiger partial charge in [0.15, 0.2) is 5.96 Å². The highest BCUT2D eigenvalue weighted by atomic mass is 127. The highest BCUT2D eigenvalue weighted by Gasteiger charge is 2.12. The van der Waals surface area contributed by atoms with Crippen LogP contribution in [0.4, 0.5) is 8.78 Å². The number of nitrogens with zero attached hydrogens (tertiary/aromatic N) is 1. The maximum absolute atomic E-state index is 13.6. The molecule has 0 atom stereocenters. The molecular weight excluding hydrogens is 463 g/mol. The number of halogens is 3. The summed E-state index contributed by atoms with van der Waals surface area (Å²) in [4.78, 5) is 4.14. The quantitative estimate of drug-likeness (QED) is 0.373. The summed E-state index contributed by atoms with van der Waals surface area (Å²) in [6.45, 7) is 1.87. The normalized spacial score (nSPS) is 12.8. The van der Waals surface area contributed by atoms with Crippen molar-refractivity contribution >= 4 is 29.9 Å². The first-order chi connectivity index (χ1) is 12.7. The summed E-state index contributed by atoms with van der Waals surface area (Å²) in [6, 6.07) is 10.2. The third-order valence-electron chi connectivity index (χ3n) is 4.41. The maximum Gasteiger partial charge on any atom is 0.190 e. The van der Waals surface area contributed by atoms with Gasteiger partial charge < -0.3 is 15.4 Å². The summed E-state index contributed by atoms with van der Waals surface area (Å²) in [5.41, 5.74) is 2.60. The molecule has 7 heteroatoms. The Morgan fingerprint density at radius 3 is 2.48 bits per heavy atom. The van der Waals surface area contributed by atoms with Gasteiger partial charge in [-0.3, -0.25) is 4.99 Å². The Labute approximate surface area is 175 Å². The number of ether oxygens (including phenoxy) is 1. The lowest BCUT2D eigenvalue weighted by Crippen LogP contribution is -2.39. The van der Waals surface area contributed by atoms with E-state index in [9.17, 15) is 8.78 Å². The SMILES string of the molecule is CN=C(NCCc1ccc2c(c1)CCO2)NCCc1c(F)cccc1F.I. The standard InChI is InChI=1S/C20H23F2N3O.HI/c1-23-20(25-11-8-16-17(21)3-2-4-18(16)22)24-10-7-14-5-6-19-15(13-14)9-12-26-19;/h2-6,13H,7-12H2,1H3,(H2,23,24,25);1H. The smallest absolute Gasteiger partial charge is 0.190 e. The fraction of sp³-hybridized carbons (Fsp3) is 0.350. The molecule has 1 aliphatic rings. The van der Waals surface area contributed by atoms with Crippen LogP contribution in [0.25, 0.3) is 0 Å². The lowest BCUT2D eigenvalue weighted by molar-refractivity contribution is 0.357. The second-order valence-corrected chi connectivity index (χ2v) is 6.17. The van der Waals surface area contributed by atoms with Crippen molar-refractivity contribution in [3.8, 4) is 5.75 Å². The fourth-order valence-electron chi connectivity index (χ4n) is 3.02. The van der Waals surface area contributed by atoms with E-state index in [1.165, 1.54) is 29.3 Å². The Hall–Kier alpha value is -1.90. The molecule has 146 valence electrons. The molecule has 0 fully saturated rings. The van der Waals surface area contributed by atoms with E-state index in [0.29, 0.717) is 19.0 Å². The molecule has 0 saturated carbocycles. The number of benzene rings is 2. The zero-order chi connectivity index (χ0) is 18.4. The minimum atomic E-state index is -0.518. The minimum Gasteiger partial charge on any atom is -0.493 e. The van der Waals surface area contributed by atoms with Crippen LogP contribution >= 0.6 is 24.0 Å². The third kappa shape index (κ3) is 5.79. The molecule has 0 bridgehead atoms. The highest BCUT2D eigenvalue weighted by Crippen LogP contribution is 2.25. The molecule has 0 amide bonds. The van der Waals surface area contributed by atoms with Gasteiger partial charge in [-0.25, -0.2) is 8.78 Å². The van der Waals surface area contributed by atoms with Gasteiger partial charge >= 0.3 is 0 Å². The summed E-state index contributed by atoms with van der Waals surface area (Å²) in [5.74, 6) is 0.566. The van der Waals surface area contributed by atoms with Crippen molar-refractivity contribution in [3.05, 3.63) is 64.7 Å². The van der Waals surface area contributed by atoms with E-state index in [2.05, 4.69) is 27.8 Å². The van der Waals surface area contributed by atoms with Crippen LogP contribution in [0.1, 0.15) is 16.7 Å². The summed E-state index contributed by atoms with van der Waals surface area (Å²) in [7, 11) is 1.67. The van der Waals surface area contributed by atoms with Crippen LogP contribution in [0.2, 0.25) is 0 Å². The molecule has 1 heterocycles. The van der Waals surface area contributed by atoms with Crippen molar-refractivity contribution < 1.29 is 13.5 Å². The third-order valence-corrected chi connectivity index (χ3v) is 4.41. The first-order valence-corrected chi connectivity index (χ1v) is 8.79. The fourth-order valence-corrected chi connectivity index (χ4v) is 3.02. The van der Waals surface area contributed by atoms with Gasteiger partial charge in [-0.05, 0) is 42.2 Å². The van der Waals surface area contributed by atoms with E-state index in [4.69, 9.17) is 4.74 Å². The molecule has 4 nitrogen and oxygen atoms in total. The number of hydrogen-bond acceptors (Lipinski definition) is 2. The Bertz CT molecular complexity index is 779. The van der Waals surface area contributed by atoms with Crippen molar-refractivity contribution in [1.29, 1.82) is 0 Å². The van der Waals surface area contributed by atoms with E-state index in [-0.39, 0.29) is 36.0 Å². The summed E-state index contributed by atoms with van der Waals surface area (Å²) in [5, 5.41) is 6.31. The van der Waals surface area contributed by atoms with Gasteiger partial charge in [0, 0.05) is 32.1 Å². The molecule has 0 spiro atoms. The van der Waals surface area contributed by atoms with Crippen LogP contribution in [-0.2, 0) is 19.3 Å². The Balaban J connectivity index is 0.00000261. The first-order valence-electron chi connectivity index (χ1n) is 8.79. The van der Waals surface area contributed by atoms with Crippen LogP contribution in [0.15, 0.2) is 41.4 Å². The molecule has 0 aliphatic carbocycles. The Kier molecular flexibility index (Phi) is 8.27. The highest BCUT2D eigenvalue weighted by molar-refractivity contribution is 14.0. The minimum absolute atomic E-state index is 0. The van der Waals surface area contributed by atoms with E-state index in [1.54, 1.807) is 7.05 Å².